The lowest BCUT2D eigenvalue weighted by Crippen LogP contribution is -2.23. The monoisotopic (exact) mass is 175 g/mol. The summed E-state index contributed by atoms with van der Waals surface area (Å²) in [6.07, 6.45) is 2.11. The molecule has 0 aliphatic heterocycles. The van der Waals surface area contributed by atoms with Crippen LogP contribution in [0.2, 0.25) is 0 Å². The van der Waals surface area contributed by atoms with Crippen LogP contribution in [0.15, 0.2) is 12.3 Å². The van der Waals surface area contributed by atoms with Crippen LogP contribution in [0.25, 0.3) is 0 Å². The van der Waals surface area contributed by atoms with Crippen LogP contribution in [0.5, 0.6) is 0 Å². The molecular formula is C7H13NO2S. The molecule has 0 saturated heterocycles. The van der Waals surface area contributed by atoms with E-state index in [1.54, 1.807) is 7.05 Å². The van der Waals surface area contributed by atoms with Gasteiger partial charge in [0.2, 0.25) is 5.91 Å². The molecule has 0 saturated carbocycles. The molecule has 1 unspecified atom stereocenters. The lowest BCUT2D eigenvalue weighted by atomic mass is 10.2. The average Bonchev–Trinajstić information content (AvgIpc) is 1.99. The minimum absolute atomic E-state index is 0.0566. The third kappa shape index (κ3) is 3.93. The summed E-state index contributed by atoms with van der Waals surface area (Å²) in [6, 6.07) is 0. The molecule has 0 radical (unpaired) electrons. The van der Waals surface area contributed by atoms with E-state index in [2.05, 4.69) is 11.9 Å². The molecule has 0 spiro atoms. The van der Waals surface area contributed by atoms with Gasteiger partial charge < -0.3 is 10.4 Å². The van der Waals surface area contributed by atoms with E-state index in [-0.39, 0.29) is 23.3 Å². The lowest BCUT2D eigenvalue weighted by Gasteiger charge is -2.10. The molecule has 0 aromatic rings. The molecule has 1 atom stereocenters. The summed E-state index contributed by atoms with van der Waals surface area (Å²) < 4.78 is 0. The van der Waals surface area contributed by atoms with Gasteiger partial charge in [0, 0.05) is 13.5 Å². The number of rotatable bonds is 4. The van der Waals surface area contributed by atoms with Crippen LogP contribution >= 0.6 is 11.8 Å². The Morgan fingerprint density at radius 3 is 2.64 bits per heavy atom. The standard InChI is InChI=1S/C7H13NO2S/c1-5(9)6(11-3)4-7(10)8-2/h6,9H,1,4H2,2-3H3,(H,8,10). The molecule has 0 bridgehead atoms. The van der Waals surface area contributed by atoms with E-state index < -0.39 is 0 Å². The largest absolute Gasteiger partial charge is 0.512 e. The normalized spacial score (nSPS) is 12.2. The third-order valence-electron chi connectivity index (χ3n) is 1.31. The first-order chi connectivity index (χ1) is 5.11. The highest BCUT2D eigenvalue weighted by molar-refractivity contribution is 7.99. The van der Waals surface area contributed by atoms with Gasteiger partial charge in [-0.15, -0.1) is 0 Å². The van der Waals surface area contributed by atoms with Gasteiger partial charge in [0.05, 0.1) is 11.0 Å². The van der Waals surface area contributed by atoms with Gasteiger partial charge in [-0.05, 0) is 6.26 Å². The summed E-state index contributed by atoms with van der Waals surface area (Å²) in [6.45, 7) is 3.37. The van der Waals surface area contributed by atoms with Crippen molar-refractivity contribution in [2.45, 2.75) is 11.7 Å². The molecule has 4 heteroatoms. The first kappa shape index (κ1) is 10.4. The van der Waals surface area contributed by atoms with Gasteiger partial charge in [-0.25, -0.2) is 0 Å². The Bertz CT molecular complexity index is 159. The topological polar surface area (TPSA) is 49.3 Å². The minimum atomic E-state index is -0.185. The number of carbonyl (C=O) groups excluding carboxylic acids is 1. The van der Waals surface area contributed by atoms with Crippen LogP contribution in [-0.4, -0.2) is 29.6 Å². The average molecular weight is 175 g/mol. The third-order valence-corrected chi connectivity index (χ3v) is 2.31. The molecule has 0 fully saturated rings. The zero-order valence-corrected chi connectivity index (χ0v) is 7.57. The molecule has 64 valence electrons. The second-order valence-electron chi connectivity index (χ2n) is 2.09. The first-order valence-electron chi connectivity index (χ1n) is 3.23. The number of aliphatic hydroxyl groups is 1. The Kier molecular flexibility index (Phi) is 4.77. The van der Waals surface area contributed by atoms with Crippen molar-refractivity contribution in [1.29, 1.82) is 0 Å². The predicted molar refractivity (Wildman–Crippen MR) is 47.8 cm³/mol. The number of nitrogens with one attached hydrogen (secondary N) is 1. The number of aliphatic hydroxyl groups excluding tert-OH is 1. The van der Waals surface area contributed by atoms with Crippen molar-refractivity contribution in [2.75, 3.05) is 13.3 Å². The highest BCUT2D eigenvalue weighted by atomic mass is 32.2. The van der Waals surface area contributed by atoms with E-state index in [1.807, 2.05) is 6.26 Å². The van der Waals surface area contributed by atoms with Crippen molar-refractivity contribution >= 4 is 17.7 Å². The van der Waals surface area contributed by atoms with Crippen LogP contribution in [0.1, 0.15) is 6.42 Å². The van der Waals surface area contributed by atoms with E-state index in [0.717, 1.165) is 0 Å². The fourth-order valence-corrected chi connectivity index (χ4v) is 1.20. The number of carbonyl (C=O) groups is 1. The van der Waals surface area contributed by atoms with Crippen LogP contribution in [0.3, 0.4) is 0 Å². The number of thioether (sulfide) groups is 1. The fourth-order valence-electron chi connectivity index (χ4n) is 0.608. The minimum Gasteiger partial charge on any atom is -0.512 e. The lowest BCUT2D eigenvalue weighted by molar-refractivity contribution is -0.120. The number of hydrogen-bond donors (Lipinski definition) is 2. The quantitative estimate of drug-likeness (QED) is 0.625. The van der Waals surface area contributed by atoms with Gasteiger partial charge in [0.1, 0.15) is 0 Å². The molecule has 0 aromatic heterocycles. The van der Waals surface area contributed by atoms with Crippen molar-refractivity contribution in [2.24, 2.45) is 0 Å². The van der Waals surface area contributed by atoms with Crippen LogP contribution in [0.4, 0.5) is 0 Å². The summed E-state index contributed by atoms with van der Waals surface area (Å²) in [4.78, 5) is 10.8. The van der Waals surface area contributed by atoms with Crippen molar-refractivity contribution < 1.29 is 9.90 Å². The second kappa shape index (κ2) is 5.07. The van der Waals surface area contributed by atoms with Crippen molar-refractivity contribution in [3.05, 3.63) is 12.3 Å². The van der Waals surface area contributed by atoms with Gasteiger partial charge in [0.25, 0.3) is 0 Å². The highest BCUT2D eigenvalue weighted by Crippen LogP contribution is 2.16. The maximum absolute atomic E-state index is 10.8. The predicted octanol–water partition coefficient (Wildman–Crippen LogP) is 0.926. The molecule has 2 N–H and O–H groups in total. The summed E-state index contributed by atoms with van der Waals surface area (Å²) >= 11 is 1.41. The zero-order chi connectivity index (χ0) is 8.85. The Balaban J connectivity index is 3.88. The molecule has 11 heavy (non-hydrogen) atoms. The van der Waals surface area contributed by atoms with Gasteiger partial charge >= 0.3 is 0 Å². The number of amides is 1. The van der Waals surface area contributed by atoms with Gasteiger partial charge in [-0.1, -0.05) is 6.58 Å². The van der Waals surface area contributed by atoms with E-state index in [0.29, 0.717) is 0 Å². The first-order valence-corrected chi connectivity index (χ1v) is 4.51. The van der Waals surface area contributed by atoms with Crippen molar-refractivity contribution in [1.82, 2.24) is 5.32 Å². The summed E-state index contributed by atoms with van der Waals surface area (Å²) in [5.41, 5.74) is 0. The fraction of sp³-hybridized carbons (Fsp3) is 0.571. The summed E-state index contributed by atoms with van der Waals surface area (Å²) in [7, 11) is 1.57. The smallest absolute Gasteiger partial charge is 0.221 e. The molecule has 3 nitrogen and oxygen atoms in total. The Hall–Kier alpha value is -0.640. The molecule has 0 aliphatic rings. The molecule has 0 heterocycles. The summed E-state index contributed by atoms with van der Waals surface area (Å²) in [5.74, 6) is -0.0272. The maximum Gasteiger partial charge on any atom is 0.221 e. The highest BCUT2D eigenvalue weighted by Gasteiger charge is 2.13. The maximum atomic E-state index is 10.8. The van der Waals surface area contributed by atoms with Crippen molar-refractivity contribution in [3.8, 4) is 0 Å². The second-order valence-corrected chi connectivity index (χ2v) is 3.13. The zero-order valence-electron chi connectivity index (χ0n) is 6.76. The van der Waals surface area contributed by atoms with E-state index in [1.165, 1.54) is 11.8 Å². The molecular weight excluding hydrogens is 162 g/mol. The molecule has 0 aromatic carbocycles. The van der Waals surface area contributed by atoms with Gasteiger partial charge in [-0.2, -0.15) is 11.8 Å². The van der Waals surface area contributed by atoms with Crippen LogP contribution in [-0.2, 0) is 4.79 Å². The molecule has 0 rings (SSSR count). The van der Waals surface area contributed by atoms with Gasteiger partial charge in [-0.3, -0.25) is 4.79 Å². The SMILES string of the molecule is C=C(O)C(CC(=O)NC)SC. The van der Waals surface area contributed by atoms with Crippen molar-refractivity contribution in [3.63, 3.8) is 0 Å². The number of hydrogen-bond acceptors (Lipinski definition) is 3. The molecule has 1 amide bonds. The van der Waals surface area contributed by atoms with Gasteiger partial charge in [0.15, 0.2) is 0 Å². The Morgan fingerprint density at radius 2 is 2.36 bits per heavy atom. The van der Waals surface area contributed by atoms with E-state index >= 15 is 0 Å². The van der Waals surface area contributed by atoms with Crippen LogP contribution < -0.4 is 5.32 Å². The van der Waals surface area contributed by atoms with E-state index in [4.69, 9.17) is 5.11 Å². The Morgan fingerprint density at radius 1 is 1.82 bits per heavy atom. The van der Waals surface area contributed by atoms with Crippen LogP contribution in [0, 0.1) is 0 Å². The summed E-state index contributed by atoms with van der Waals surface area (Å²) in [5, 5.41) is 11.3. The van der Waals surface area contributed by atoms with E-state index in [9.17, 15) is 4.79 Å². The Labute approximate surface area is 70.9 Å². The molecule has 0 aliphatic carbocycles.